The second-order valence-corrected chi connectivity index (χ2v) is 9.44. The number of nitrogens with one attached hydrogen (secondary N) is 2. The Balaban J connectivity index is 1.57. The van der Waals surface area contributed by atoms with Crippen molar-refractivity contribution in [2.75, 3.05) is 16.6 Å². The maximum Gasteiger partial charge on any atom is 0.262 e. The van der Waals surface area contributed by atoms with Crippen molar-refractivity contribution in [3.05, 3.63) is 81.7 Å². The quantitative estimate of drug-likeness (QED) is 0.441. The average Bonchev–Trinajstić information content (AvgIpc) is 2.70. The van der Waals surface area contributed by atoms with E-state index in [-0.39, 0.29) is 17.4 Å². The third-order valence-corrected chi connectivity index (χ3v) is 6.18. The van der Waals surface area contributed by atoms with E-state index in [1.54, 1.807) is 36.4 Å². The first kappa shape index (κ1) is 21.4. The summed E-state index contributed by atoms with van der Waals surface area (Å²) in [7, 11) is -3.72. The number of benzene rings is 3. The predicted octanol–water partition coefficient (Wildman–Crippen LogP) is 5.03. The summed E-state index contributed by atoms with van der Waals surface area (Å²) >= 11 is 6.63. The molecule has 0 atom stereocenters. The molecule has 1 amide bonds. The van der Waals surface area contributed by atoms with E-state index in [9.17, 15) is 13.2 Å². The third kappa shape index (κ3) is 6.31. The van der Waals surface area contributed by atoms with Crippen molar-refractivity contribution in [1.29, 1.82) is 0 Å². The van der Waals surface area contributed by atoms with Gasteiger partial charge in [-0.1, -0.05) is 31.9 Å². The Morgan fingerprint density at radius 1 is 0.793 bits per heavy atom. The Morgan fingerprint density at radius 2 is 1.31 bits per heavy atom. The molecule has 29 heavy (non-hydrogen) atoms. The molecule has 6 nitrogen and oxygen atoms in total. The predicted molar refractivity (Wildman–Crippen MR) is 120 cm³/mol. The zero-order valence-corrected chi connectivity index (χ0v) is 18.9. The van der Waals surface area contributed by atoms with Gasteiger partial charge in [-0.3, -0.25) is 9.52 Å². The highest BCUT2D eigenvalue weighted by Gasteiger charge is 2.14. The van der Waals surface area contributed by atoms with E-state index >= 15 is 0 Å². The maximum absolute atomic E-state index is 12.5. The summed E-state index contributed by atoms with van der Waals surface area (Å²) in [6, 6.07) is 19.8. The van der Waals surface area contributed by atoms with Crippen molar-refractivity contribution in [3.63, 3.8) is 0 Å². The first-order valence-corrected chi connectivity index (χ1v) is 11.5. The molecule has 150 valence electrons. The van der Waals surface area contributed by atoms with Gasteiger partial charge in [0.15, 0.2) is 6.61 Å². The lowest BCUT2D eigenvalue weighted by atomic mass is 10.3. The van der Waals surface area contributed by atoms with Crippen LogP contribution in [0.2, 0.25) is 0 Å². The molecular weight excluding hydrogens is 524 g/mol. The van der Waals surface area contributed by atoms with Crippen molar-refractivity contribution < 1.29 is 17.9 Å². The molecule has 3 aromatic rings. The second-order valence-electron chi connectivity index (χ2n) is 5.93. The van der Waals surface area contributed by atoms with Gasteiger partial charge in [0.2, 0.25) is 0 Å². The molecule has 0 aliphatic heterocycles. The van der Waals surface area contributed by atoms with Gasteiger partial charge in [0.25, 0.3) is 15.9 Å². The zero-order valence-electron chi connectivity index (χ0n) is 14.9. The van der Waals surface area contributed by atoms with Crippen molar-refractivity contribution in [1.82, 2.24) is 0 Å². The van der Waals surface area contributed by atoms with Crippen LogP contribution in [0.1, 0.15) is 0 Å². The number of carbonyl (C=O) groups is 1. The van der Waals surface area contributed by atoms with E-state index in [4.69, 9.17) is 4.74 Å². The van der Waals surface area contributed by atoms with Crippen LogP contribution in [0.15, 0.2) is 86.6 Å². The van der Waals surface area contributed by atoms with Gasteiger partial charge in [0.05, 0.1) is 4.90 Å². The summed E-state index contributed by atoms with van der Waals surface area (Å²) in [5, 5.41) is 2.71. The Bertz CT molecular complexity index is 1080. The number of amides is 1. The molecule has 0 unspecified atom stereocenters. The standard InChI is InChI=1S/C20H16Br2N2O4S/c21-14-1-5-16(6-2-14)23-20(25)13-28-18-9-11-19(12-10-18)29(26,27)24-17-7-3-15(22)4-8-17/h1-12,24H,13H2,(H,23,25). The zero-order chi connectivity index (χ0) is 20.9. The fourth-order valence-corrected chi connectivity index (χ4v) is 3.91. The molecular formula is C20H16Br2N2O4S. The smallest absolute Gasteiger partial charge is 0.262 e. The van der Waals surface area contributed by atoms with Gasteiger partial charge in [0.1, 0.15) is 5.75 Å². The summed E-state index contributed by atoms with van der Waals surface area (Å²) in [5.41, 5.74) is 1.11. The molecule has 2 N–H and O–H groups in total. The lowest BCUT2D eigenvalue weighted by molar-refractivity contribution is -0.118. The van der Waals surface area contributed by atoms with E-state index in [2.05, 4.69) is 41.9 Å². The van der Waals surface area contributed by atoms with E-state index in [0.29, 0.717) is 17.1 Å². The highest BCUT2D eigenvalue weighted by molar-refractivity contribution is 9.10. The van der Waals surface area contributed by atoms with Crippen LogP contribution >= 0.6 is 31.9 Å². The molecule has 0 saturated carbocycles. The van der Waals surface area contributed by atoms with Gasteiger partial charge >= 0.3 is 0 Å². The van der Waals surface area contributed by atoms with Crippen LogP contribution in [0.4, 0.5) is 11.4 Å². The SMILES string of the molecule is O=C(COc1ccc(S(=O)(=O)Nc2ccc(Br)cc2)cc1)Nc1ccc(Br)cc1. The fraction of sp³-hybridized carbons (Fsp3) is 0.0500. The molecule has 0 spiro atoms. The number of hydrogen-bond acceptors (Lipinski definition) is 4. The molecule has 9 heteroatoms. The summed E-state index contributed by atoms with van der Waals surface area (Å²) in [4.78, 5) is 12.1. The first-order chi connectivity index (χ1) is 13.8. The van der Waals surface area contributed by atoms with Crippen LogP contribution in [0.3, 0.4) is 0 Å². The number of halogens is 2. The average molecular weight is 540 g/mol. The molecule has 0 radical (unpaired) electrons. The molecule has 0 aliphatic rings. The van der Waals surface area contributed by atoms with Crippen molar-refractivity contribution in [2.45, 2.75) is 4.90 Å². The molecule has 3 rings (SSSR count). The van der Waals surface area contributed by atoms with Gasteiger partial charge in [-0.25, -0.2) is 8.42 Å². The second kappa shape index (κ2) is 9.43. The van der Waals surface area contributed by atoms with Gasteiger partial charge in [-0.15, -0.1) is 0 Å². The van der Waals surface area contributed by atoms with E-state index in [1.807, 2.05) is 12.1 Å². The number of anilines is 2. The van der Waals surface area contributed by atoms with Gasteiger partial charge < -0.3 is 10.1 Å². The number of hydrogen-bond donors (Lipinski definition) is 2. The third-order valence-electron chi connectivity index (χ3n) is 3.73. The molecule has 0 fully saturated rings. The Morgan fingerprint density at radius 3 is 1.86 bits per heavy atom. The molecule has 0 aromatic heterocycles. The number of carbonyl (C=O) groups excluding carboxylic acids is 1. The minimum atomic E-state index is -3.72. The van der Waals surface area contributed by atoms with Gasteiger partial charge in [0, 0.05) is 20.3 Å². The highest BCUT2D eigenvalue weighted by atomic mass is 79.9. The van der Waals surface area contributed by atoms with E-state index < -0.39 is 10.0 Å². The monoisotopic (exact) mass is 538 g/mol. The van der Waals surface area contributed by atoms with Crippen molar-refractivity contribution >= 4 is 59.2 Å². The number of sulfonamides is 1. The Hall–Kier alpha value is -2.36. The van der Waals surface area contributed by atoms with Gasteiger partial charge in [-0.05, 0) is 72.8 Å². The molecule has 0 aliphatic carbocycles. The van der Waals surface area contributed by atoms with Gasteiger partial charge in [-0.2, -0.15) is 0 Å². The minimum Gasteiger partial charge on any atom is -0.484 e. The molecule has 0 saturated heterocycles. The summed E-state index contributed by atoms with van der Waals surface area (Å²) < 4.78 is 34.6. The topological polar surface area (TPSA) is 84.5 Å². The fourth-order valence-electron chi connectivity index (χ4n) is 2.33. The van der Waals surface area contributed by atoms with Crippen LogP contribution < -0.4 is 14.8 Å². The Kier molecular flexibility index (Phi) is 6.94. The maximum atomic E-state index is 12.5. The van der Waals surface area contributed by atoms with E-state index in [1.165, 1.54) is 24.3 Å². The number of rotatable bonds is 7. The molecule has 3 aromatic carbocycles. The summed E-state index contributed by atoms with van der Waals surface area (Å²) in [5.74, 6) is 0.0690. The Labute approximate surface area is 185 Å². The normalized spacial score (nSPS) is 11.0. The highest BCUT2D eigenvalue weighted by Crippen LogP contribution is 2.21. The van der Waals surface area contributed by atoms with Crippen LogP contribution in [0, 0.1) is 0 Å². The van der Waals surface area contributed by atoms with Crippen LogP contribution in [-0.4, -0.2) is 20.9 Å². The van der Waals surface area contributed by atoms with Crippen LogP contribution in [0.5, 0.6) is 5.75 Å². The van der Waals surface area contributed by atoms with Crippen LogP contribution in [-0.2, 0) is 14.8 Å². The molecule has 0 heterocycles. The van der Waals surface area contributed by atoms with Crippen molar-refractivity contribution in [2.24, 2.45) is 0 Å². The first-order valence-electron chi connectivity index (χ1n) is 8.38. The number of ether oxygens (including phenoxy) is 1. The molecule has 0 bridgehead atoms. The lowest BCUT2D eigenvalue weighted by Gasteiger charge is -2.10. The van der Waals surface area contributed by atoms with Crippen LogP contribution in [0.25, 0.3) is 0 Å². The lowest BCUT2D eigenvalue weighted by Crippen LogP contribution is -2.20. The summed E-state index contributed by atoms with van der Waals surface area (Å²) in [6.45, 7) is -0.195. The summed E-state index contributed by atoms with van der Waals surface area (Å²) in [6.07, 6.45) is 0. The van der Waals surface area contributed by atoms with E-state index in [0.717, 1.165) is 8.95 Å². The largest absolute Gasteiger partial charge is 0.484 e. The van der Waals surface area contributed by atoms with Crippen molar-refractivity contribution in [3.8, 4) is 5.75 Å². The minimum absolute atomic E-state index is 0.0899.